The molecule has 2 fully saturated rings. The number of urea groups is 1. The fourth-order valence-corrected chi connectivity index (χ4v) is 4.52. The number of nitrogens with one attached hydrogen (secondary N) is 1. The second-order valence-corrected chi connectivity index (χ2v) is 8.99. The van der Waals surface area contributed by atoms with E-state index in [1.54, 1.807) is 16.0 Å². The van der Waals surface area contributed by atoms with Gasteiger partial charge in [-0.1, -0.05) is 30.5 Å². The first-order valence-corrected chi connectivity index (χ1v) is 11.9. The molecule has 1 N–H and O–H groups in total. The molecule has 2 saturated heterocycles. The van der Waals surface area contributed by atoms with Crippen molar-refractivity contribution in [3.8, 4) is 0 Å². The molecular weight excluding hydrogens is 469 g/mol. The first-order valence-electron chi connectivity index (χ1n) is 11.5. The van der Waals surface area contributed by atoms with Crippen molar-refractivity contribution < 1.29 is 18.0 Å². The molecule has 4 heterocycles. The van der Waals surface area contributed by atoms with Gasteiger partial charge < -0.3 is 20.0 Å². The van der Waals surface area contributed by atoms with Crippen molar-refractivity contribution in [2.75, 3.05) is 49.1 Å². The molecule has 11 heteroatoms. The van der Waals surface area contributed by atoms with E-state index in [-0.39, 0.29) is 11.1 Å². The summed E-state index contributed by atoms with van der Waals surface area (Å²) in [6.45, 7) is 4.12. The van der Waals surface area contributed by atoms with Gasteiger partial charge in [0.25, 0.3) is 0 Å². The molecule has 2 aliphatic heterocycles. The van der Waals surface area contributed by atoms with Crippen molar-refractivity contribution in [3.05, 3.63) is 46.7 Å². The van der Waals surface area contributed by atoms with Gasteiger partial charge in [-0.3, -0.25) is 0 Å². The van der Waals surface area contributed by atoms with Gasteiger partial charge in [0.15, 0.2) is 0 Å². The standard InChI is InChI=1S/C23H28ClF3N6O/c24-19-13-18(23(25,26)27)16-29-21(19)32-9-11-33(12-10-32)22(34)30-15-17-5-6-20(28-14-17)31-7-3-1-2-4-8-31/h5-6,13-14,16H,1-4,7-12,15H2,(H,30,34). The number of alkyl halides is 3. The van der Waals surface area contributed by atoms with Gasteiger partial charge in [-0.15, -0.1) is 0 Å². The zero-order chi connectivity index (χ0) is 24.1. The first-order chi connectivity index (χ1) is 16.3. The number of nitrogens with zero attached hydrogens (tertiary/aromatic N) is 5. The van der Waals surface area contributed by atoms with Gasteiger partial charge in [0.2, 0.25) is 0 Å². The average molecular weight is 497 g/mol. The monoisotopic (exact) mass is 496 g/mol. The molecule has 0 spiro atoms. The van der Waals surface area contributed by atoms with Gasteiger partial charge >= 0.3 is 12.2 Å². The van der Waals surface area contributed by atoms with Gasteiger partial charge in [-0.05, 0) is 30.5 Å². The number of aromatic nitrogens is 2. The Bertz CT molecular complexity index is 972. The molecule has 0 aliphatic carbocycles. The topological polar surface area (TPSA) is 64.6 Å². The average Bonchev–Trinajstić information content (AvgIpc) is 3.12. The molecule has 0 aromatic carbocycles. The molecular formula is C23H28ClF3N6O. The minimum Gasteiger partial charge on any atom is -0.357 e. The maximum Gasteiger partial charge on any atom is 0.417 e. The molecule has 2 amide bonds. The minimum absolute atomic E-state index is 0.0520. The quantitative estimate of drug-likeness (QED) is 0.672. The lowest BCUT2D eigenvalue weighted by Gasteiger charge is -2.35. The van der Waals surface area contributed by atoms with Crippen LogP contribution in [0.2, 0.25) is 5.02 Å². The van der Waals surface area contributed by atoms with E-state index >= 15 is 0 Å². The third-order valence-electron chi connectivity index (χ3n) is 6.20. The Morgan fingerprint density at radius 3 is 2.24 bits per heavy atom. The molecule has 0 unspecified atom stereocenters. The highest BCUT2D eigenvalue weighted by atomic mass is 35.5. The van der Waals surface area contributed by atoms with Crippen LogP contribution < -0.4 is 15.1 Å². The fraction of sp³-hybridized carbons (Fsp3) is 0.522. The molecule has 7 nitrogen and oxygen atoms in total. The zero-order valence-corrected chi connectivity index (χ0v) is 19.6. The third kappa shape index (κ3) is 6.02. The number of amides is 2. The van der Waals surface area contributed by atoms with Gasteiger partial charge in [0.1, 0.15) is 11.6 Å². The van der Waals surface area contributed by atoms with E-state index in [1.807, 2.05) is 12.1 Å². The van der Waals surface area contributed by atoms with Crippen molar-refractivity contribution >= 4 is 29.3 Å². The minimum atomic E-state index is -4.49. The molecule has 0 saturated carbocycles. The van der Waals surface area contributed by atoms with Crippen LogP contribution in [0.1, 0.15) is 36.8 Å². The lowest BCUT2D eigenvalue weighted by Crippen LogP contribution is -2.52. The maximum atomic E-state index is 12.8. The summed E-state index contributed by atoms with van der Waals surface area (Å²) in [5.41, 5.74) is 0.0412. The summed E-state index contributed by atoms with van der Waals surface area (Å²) in [4.78, 5) is 26.8. The van der Waals surface area contributed by atoms with Crippen LogP contribution in [0, 0.1) is 0 Å². The molecule has 4 rings (SSSR count). The Hall–Kier alpha value is -2.75. The molecule has 0 atom stereocenters. The van der Waals surface area contributed by atoms with E-state index in [9.17, 15) is 18.0 Å². The second kappa shape index (κ2) is 10.7. The summed E-state index contributed by atoms with van der Waals surface area (Å²) >= 11 is 6.05. The number of carbonyl (C=O) groups excluding carboxylic acids is 1. The Kier molecular flexibility index (Phi) is 7.65. The largest absolute Gasteiger partial charge is 0.417 e. The number of anilines is 2. The Morgan fingerprint density at radius 2 is 1.65 bits per heavy atom. The number of piperazine rings is 1. The van der Waals surface area contributed by atoms with E-state index < -0.39 is 11.7 Å². The lowest BCUT2D eigenvalue weighted by atomic mass is 10.2. The van der Waals surface area contributed by atoms with E-state index in [2.05, 4.69) is 20.2 Å². The highest BCUT2D eigenvalue weighted by molar-refractivity contribution is 6.33. The van der Waals surface area contributed by atoms with Gasteiger partial charge in [0.05, 0.1) is 10.6 Å². The van der Waals surface area contributed by atoms with Crippen molar-refractivity contribution in [2.45, 2.75) is 38.4 Å². The van der Waals surface area contributed by atoms with Gasteiger partial charge in [-0.25, -0.2) is 14.8 Å². The highest BCUT2D eigenvalue weighted by Gasteiger charge is 2.32. The van der Waals surface area contributed by atoms with E-state index in [1.165, 1.54) is 25.7 Å². The molecule has 184 valence electrons. The van der Waals surface area contributed by atoms with Crippen LogP contribution in [0.5, 0.6) is 0 Å². The molecule has 0 radical (unpaired) electrons. The molecule has 2 aromatic heterocycles. The summed E-state index contributed by atoms with van der Waals surface area (Å²) in [6, 6.07) is 4.69. The summed E-state index contributed by atoms with van der Waals surface area (Å²) in [5, 5.41) is 2.86. The van der Waals surface area contributed by atoms with Crippen LogP contribution in [0.15, 0.2) is 30.6 Å². The third-order valence-corrected chi connectivity index (χ3v) is 6.48. The van der Waals surface area contributed by atoms with Crippen LogP contribution in [-0.2, 0) is 12.7 Å². The Balaban J connectivity index is 1.25. The van der Waals surface area contributed by atoms with Crippen LogP contribution in [0.4, 0.5) is 29.6 Å². The summed E-state index contributed by atoms with van der Waals surface area (Å²) in [5.74, 6) is 1.27. The smallest absolute Gasteiger partial charge is 0.357 e. The molecule has 2 aromatic rings. The SMILES string of the molecule is O=C(NCc1ccc(N2CCCCCC2)nc1)N1CCN(c2ncc(C(F)(F)F)cc2Cl)CC1. The van der Waals surface area contributed by atoms with Gasteiger partial charge in [-0.2, -0.15) is 13.2 Å². The van der Waals surface area contributed by atoms with E-state index in [0.29, 0.717) is 38.5 Å². The van der Waals surface area contributed by atoms with Crippen molar-refractivity contribution in [2.24, 2.45) is 0 Å². The second-order valence-electron chi connectivity index (χ2n) is 8.59. The van der Waals surface area contributed by atoms with E-state index in [4.69, 9.17) is 11.6 Å². The summed E-state index contributed by atoms with van der Waals surface area (Å²) in [7, 11) is 0. The number of pyridine rings is 2. The molecule has 2 aliphatic rings. The van der Waals surface area contributed by atoms with Crippen LogP contribution in [-0.4, -0.2) is 60.2 Å². The predicted molar refractivity (Wildman–Crippen MR) is 125 cm³/mol. The Labute approximate surface area is 201 Å². The van der Waals surface area contributed by atoms with Gasteiger partial charge in [0, 0.05) is 58.2 Å². The fourth-order valence-electron chi connectivity index (χ4n) is 4.24. The lowest BCUT2D eigenvalue weighted by molar-refractivity contribution is -0.137. The zero-order valence-electron chi connectivity index (χ0n) is 18.8. The van der Waals surface area contributed by atoms with Crippen LogP contribution in [0.3, 0.4) is 0 Å². The summed E-state index contributed by atoms with van der Waals surface area (Å²) < 4.78 is 38.5. The number of hydrogen-bond donors (Lipinski definition) is 1. The predicted octanol–water partition coefficient (Wildman–Crippen LogP) is 4.56. The van der Waals surface area contributed by atoms with Crippen molar-refractivity contribution in [1.29, 1.82) is 0 Å². The van der Waals surface area contributed by atoms with Crippen molar-refractivity contribution in [3.63, 3.8) is 0 Å². The number of carbonyl (C=O) groups is 1. The number of hydrogen-bond acceptors (Lipinski definition) is 5. The maximum absolute atomic E-state index is 12.8. The van der Waals surface area contributed by atoms with E-state index in [0.717, 1.165) is 36.7 Å². The Morgan fingerprint density at radius 1 is 0.941 bits per heavy atom. The molecule has 0 bridgehead atoms. The van der Waals surface area contributed by atoms with Crippen LogP contribution in [0.25, 0.3) is 0 Å². The first kappa shape index (κ1) is 24.4. The van der Waals surface area contributed by atoms with Crippen molar-refractivity contribution in [1.82, 2.24) is 20.2 Å². The molecule has 34 heavy (non-hydrogen) atoms. The van der Waals surface area contributed by atoms with Crippen LogP contribution >= 0.6 is 11.6 Å². The highest BCUT2D eigenvalue weighted by Crippen LogP contribution is 2.33. The summed E-state index contributed by atoms with van der Waals surface area (Å²) in [6.07, 6.45) is 3.01. The number of rotatable bonds is 4. The number of halogens is 4. The normalized spacial score (nSPS) is 17.5.